The highest BCUT2D eigenvalue weighted by atomic mass is 28.4. The molecule has 0 aromatic carbocycles. The molecule has 0 aliphatic heterocycles. The molecule has 138 valence electrons. The molecule has 0 fully saturated rings. The van der Waals surface area contributed by atoms with Crippen molar-refractivity contribution in [1.82, 2.24) is 0 Å². The number of rotatable bonds is 14. The van der Waals surface area contributed by atoms with Crippen LogP contribution >= 0.6 is 0 Å². The van der Waals surface area contributed by atoms with E-state index in [0.717, 1.165) is 19.3 Å². The van der Waals surface area contributed by atoms with Crippen LogP contribution in [0.1, 0.15) is 67.2 Å². The Morgan fingerprint density at radius 2 is 1.39 bits per heavy atom. The minimum atomic E-state index is -2.93. The summed E-state index contributed by atoms with van der Waals surface area (Å²) in [6.45, 7) is 14.0. The van der Waals surface area contributed by atoms with Gasteiger partial charge >= 0.3 is 14.8 Å². The van der Waals surface area contributed by atoms with Gasteiger partial charge in [0.25, 0.3) is 0 Å². The van der Waals surface area contributed by atoms with E-state index < -0.39 is 8.80 Å². The predicted molar refractivity (Wildman–Crippen MR) is 94.3 cm³/mol. The monoisotopic (exact) mass is 348 g/mol. The maximum Gasteiger partial charge on any atom is 0.505 e. The van der Waals surface area contributed by atoms with Crippen molar-refractivity contribution >= 4 is 14.8 Å². The Morgan fingerprint density at radius 3 is 1.74 bits per heavy atom. The van der Waals surface area contributed by atoms with Gasteiger partial charge in [0, 0.05) is 25.4 Å². The molecule has 0 heterocycles. The first-order valence-corrected chi connectivity index (χ1v) is 10.9. The van der Waals surface area contributed by atoms with Crippen LogP contribution in [0.3, 0.4) is 0 Å². The molecule has 6 heteroatoms. The van der Waals surface area contributed by atoms with Crippen molar-refractivity contribution in [2.24, 2.45) is 5.92 Å². The molecule has 0 spiro atoms. The third-order valence-corrected chi connectivity index (χ3v) is 7.44. The number of hydrogen-bond donors (Lipinski definition) is 0. The molecule has 0 aliphatic rings. The lowest BCUT2D eigenvalue weighted by atomic mass is 9.99. The van der Waals surface area contributed by atoms with Crippen molar-refractivity contribution < 1.29 is 22.8 Å². The first-order chi connectivity index (χ1) is 11.1. The van der Waals surface area contributed by atoms with Crippen LogP contribution in [-0.4, -0.2) is 41.2 Å². The predicted octanol–water partition coefficient (Wildman–Crippen LogP) is 4.18. The number of carbonyl (C=O) groups excluding carboxylic acids is 1. The molecule has 0 amide bonds. The molecule has 0 saturated carbocycles. The minimum absolute atomic E-state index is 0.0540. The van der Waals surface area contributed by atoms with Crippen LogP contribution in [0.25, 0.3) is 0 Å². The van der Waals surface area contributed by atoms with Crippen molar-refractivity contribution in [3.05, 3.63) is 0 Å². The summed E-state index contributed by atoms with van der Waals surface area (Å²) in [5.41, 5.74) is -0.0540. The molecule has 0 aliphatic carbocycles. The smallest absolute Gasteiger partial charge is 0.465 e. The second kappa shape index (κ2) is 12.9. The summed E-state index contributed by atoms with van der Waals surface area (Å²) >= 11 is 0. The molecule has 0 radical (unpaired) electrons. The summed E-state index contributed by atoms with van der Waals surface area (Å²) in [6.07, 6.45) is 3.32. The van der Waals surface area contributed by atoms with Crippen LogP contribution in [-0.2, 0) is 22.8 Å². The van der Waals surface area contributed by atoms with Gasteiger partial charge in [-0.05, 0) is 40.0 Å². The van der Waals surface area contributed by atoms with E-state index in [1.165, 1.54) is 0 Å². The summed E-state index contributed by atoms with van der Waals surface area (Å²) < 4.78 is 23.6. The van der Waals surface area contributed by atoms with Crippen molar-refractivity contribution in [3.63, 3.8) is 0 Å². The molecule has 2 unspecified atom stereocenters. The third kappa shape index (κ3) is 6.91. The second-order valence-corrected chi connectivity index (χ2v) is 8.29. The van der Waals surface area contributed by atoms with Crippen LogP contribution in [0.2, 0.25) is 5.54 Å². The number of ether oxygens (including phenoxy) is 1. The lowest BCUT2D eigenvalue weighted by Gasteiger charge is -2.38. The molecular weight excluding hydrogens is 312 g/mol. The normalized spacial score (nSPS) is 14.5. The highest BCUT2D eigenvalue weighted by Gasteiger charge is 2.53. The van der Waals surface area contributed by atoms with Gasteiger partial charge < -0.3 is 18.0 Å². The molecule has 0 saturated heterocycles. The Morgan fingerprint density at radius 1 is 0.870 bits per heavy atom. The SMILES string of the molecule is CCCOC(=O)C(CC)C(CCC)[Si](OCC)(OCC)OCC. The van der Waals surface area contributed by atoms with E-state index in [1.807, 2.05) is 34.6 Å². The van der Waals surface area contributed by atoms with Crippen LogP contribution in [0, 0.1) is 5.92 Å². The van der Waals surface area contributed by atoms with Crippen LogP contribution in [0.15, 0.2) is 0 Å². The first-order valence-electron chi connectivity index (χ1n) is 9.15. The lowest BCUT2D eigenvalue weighted by Crippen LogP contribution is -2.53. The molecule has 0 aromatic heterocycles. The van der Waals surface area contributed by atoms with Gasteiger partial charge in [0.05, 0.1) is 12.5 Å². The standard InChI is InChI=1S/C17H36O5Si/c1-7-13-16(15(9-3)17(18)19-14-8-2)23(20-10-4,21-11-5)22-12-6/h15-16H,7-14H2,1-6H3. The second-order valence-electron chi connectivity index (χ2n) is 5.48. The van der Waals surface area contributed by atoms with Gasteiger partial charge in [0.1, 0.15) is 0 Å². The number of carbonyl (C=O) groups is 1. The highest BCUT2D eigenvalue weighted by molar-refractivity contribution is 6.62. The average molecular weight is 349 g/mol. The van der Waals surface area contributed by atoms with Crippen molar-refractivity contribution in [2.75, 3.05) is 26.4 Å². The number of esters is 1. The average Bonchev–Trinajstić information content (AvgIpc) is 2.53. The van der Waals surface area contributed by atoms with Crippen molar-refractivity contribution in [1.29, 1.82) is 0 Å². The lowest BCUT2D eigenvalue weighted by molar-refractivity contribution is -0.149. The zero-order chi connectivity index (χ0) is 17.7. The summed E-state index contributed by atoms with van der Waals surface area (Å²) in [5.74, 6) is -0.387. The largest absolute Gasteiger partial charge is 0.505 e. The molecule has 0 aromatic rings. The van der Waals surface area contributed by atoms with E-state index in [0.29, 0.717) is 32.8 Å². The van der Waals surface area contributed by atoms with E-state index >= 15 is 0 Å². The molecule has 2 atom stereocenters. The molecule has 23 heavy (non-hydrogen) atoms. The van der Waals surface area contributed by atoms with E-state index in [1.54, 1.807) is 0 Å². The van der Waals surface area contributed by atoms with Gasteiger partial charge in [-0.25, -0.2) is 0 Å². The Bertz CT molecular complexity index is 294. The van der Waals surface area contributed by atoms with E-state index in [4.69, 9.17) is 18.0 Å². The molecule has 5 nitrogen and oxygen atoms in total. The van der Waals surface area contributed by atoms with E-state index in [2.05, 4.69) is 6.92 Å². The minimum Gasteiger partial charge on any atom is -0.465 e. The molecule has 0 N–H and O–H groups in total. The highest BCUT2D eigenvalue weighted by Crippen LogP contribution is 2.39. The summed E-state index contributed by atoms with van der Waals surface area (Å²) in [7, 11) is -2.93. The fourth-order valence-corrected chi connectivity index (χ4v) is 6.52. The van der Waals surface area contributed by atoms with Crippen LogP contribution in [0.5, 0.6) is 0 Å². The van der Waals surface area contributed by atoms with Gasteiger partial charge in [-0.3, -0.25) is 4.79 Å². The van der Waals surface area contributed by atoms with Crippen molar-refractivity contribution in [2.45, 2.75) is 72.8 Å². The molecule has 0 rings (SSSR count). The van der Waals surface area contributed by atoms with Crippen LogP contribution in [0.4, 0.5) is 0 Å². The summed E-state index contributed by atoms with van der Waals surface area (Å²) in [6, 6.07) is 0. The number of hydrogen-bond acceptors (Lipinski definition) is 5. The first kappa shape index (κ1) is 22.6. The third-order valence-electron chi connectivity index (χ3n) is 3.77. The Hall–Kier alpha value is -0.433. The maximum absolute atomic E-state index is 12.5. The zero-order valence-electron chi connectivity index (χ0n) is 15.9. The Labute approximate surface area is 143 Å². The zero-order valence-corrected chi connectivity index (χ0v) is 16.9. The van der Waals surface area contributed by atoms with Crippen LogP contribution < -0.4 is 0 Å². The summed E-state index contributed by atoms with van der Waals surface area (Å²) in [5, 5.41) is 0. The Kier molecular flexibility index (Phi) is 12.7. The van der Waals surface area contributed by atoms with Gasteiger partial charge in [0.2, 0.25) is 0 Å². The van der Waals surface area contributed by atoms with E-state index in [9.17, 15) is 4.79 Å². The quantitative estimate of drug-likeness (QED) is 0.348. The fraction of sp³-hybridized carbons (Fsp3) is 0.941. The maximum atomic E-state index is 12.5. The topological polar surface area (TPSA) is 54.0 Å². The van der Waals surface area contributed by atoms with Crippen molar-refractivity contribution in [3.8, 4) is 0 Å². The molecular formula is C17H36O5Si. The van der Waals surface area contributed by atoms with Gasteiger partial charge in [0.15, 0.2) is 0 Å². The molecule has 0 bridgehead atoms. The van der Waals surface area contributed by atoms with E-state index in [-0.39, 0.29) is 17.4 Å². The summed E-state index contributed by atoms with van der Waals surface area (Å²) in [4.78, 5) is 12.5. The fourth-order valence-electron chi connectivity index (χ4n) is 2.91. The van der Waals surface area contributed by atoms with Gasteiger partial charge in [-0.1, -0.05) is 27.2 Å². The van der Waals surface area contributed by atoms with Gasteiger partial charge in [-0.2, -0.15) is 0 Å². The van der Waals surface area contributed by atoms with Gasteiger partial charge in [-0.15, -0.1) is 0 Å². The Balaban J connectivity index is 5.55.